The average molecular weight is 369 g/mol. The molecule has 0 aliphatic heterocycles. The standard InChI is InChI=1S/C17H19BrClNO/c1-3-20-16(10-12-5-4-6-14(18)9-12)13-7-8-15(19)17(11-13)21-2/h4-9,11,16,20H,3,10H2,1-2H3. The molecule has 0 radical (unpaired) electrons. The molecule has 2 aromatic rings. The fraction of sp³-hybridized carbons (Fsp3) is 0.294. The number of hydrogen-bond donors (Lipinski definition) is 1. The fourth-order valence-corrected chi connectivity index (χ4v) is 2.99. The van der Waals surface area contributed by atoms with Crippen LogP contribution in [0.2, 0.25) is 5.02 Å². The van der Waals surface area contributed by atoms with E-state index < -0.39 is 0 Å². The second kappa shape index (κ2) is 7.83. The molecular formula is C17H19BrClNO. The Kier molecular flexibility index (Phi) is 6.09. The van der Waals surface area contributed by atoms with Gasteiger partial charge in [-0.25, -0.2) is 0 Å². The van der Waals surface area contributed by atoms with Crippen molar-refractivity contribution in [2.45, 2.75) is 19.4 Å². The van der Waals surface area contributed by atoms with Crippen LogP contribution in [0.1, 0.15) is 24.1 Å². The summed E-state index contributed by atoms with van der Waals surface area (Å²) in [4.78, 5) is 0. The van der Waals surface area contributed by atoms with Crippen LogP contribution in [0.3, 0.4) is 0 Å². The van der Waals surface area contributed by atoms with Crippen LogP contribution in [0.4, 0.5) is 0 Å². The Balaban J connectivity index is 2.26. The van der Waals surface area contributed by atoms with Crippen molar-refractivity contribution in [3.8, 4) is 5.75 Å². The first-order valence-corrected chi connectivity index (χ1v) is 8.12. The van der Waals surface area contributed by atoms with Crippen LogP contribution < -0.4 is 10.1 Å². The van der Waals surface area contributed by atoms with Gasteiger partial charge in [-0.05, 0) is 48.4 Å². The molecule has 0 fully saturated rings. The van der Waals surface area contributed by atoms with Gasteiger partial charge in [0.05, 0.1) is 12.1 Å². The second-order valence-corrected chi connectivity index (χ2v) is 6.16. The third-order valence-electron chi connectivity index (χ3n) is 3.36. The predicted octanol–water partition coefficient (Wildman–Crippen LogP) is 5.00. The molecule has 0 amide bonds. The Bertz CT molecular complexity index is 603. The Morgan fingerprint density at radius 3 is 2.71 bits per heavy atom. The lowest BCUT2D eigenvalue weighted by Gasteiger charge is -2.19. The maximum atomic E-state index is 6.11. The second-order valence-electron chi connectivity index (χ2n) is 4.84. The Labute approximate surface area is 139 Å². The highest BCUT2D eigenvalue weighted by atomic mass is 79.9. The number of halogens is 2. The molecule has 0 bridgehead atoms. The summed E-state index contributed by atoms with van der Waals surface area (Å²) in [5.74, 6) is 0.714. The van der Waals surface area contributed by atoms with Gasteiger partial charge in [-0.3, -0.25) is 0 Å². The van der Waals surface area contributed by atoms with Gasteiger partial charge in [0.1, 0.15) is 5.75 Å². The molecule has 1 N–H and O–H groups in total. The molecule has 2 nitrogen and oxygen atoms in total. The minimum Gasteiger partial charge on any atom is -0.495 e. The van der Waals surface area contributed by atoms with Crippen molar-refractivity contribution in [3.05, 3.63) is 63.1 Å². The summed E-state index contributed by atoms with van der Waals surface area (Å²) < 4.78 is 6.42. The number of rotatable bonds is 6. The quantitative estimate of drug-likeness (QED) is 0.774. The summed E-state index contributed by atoms with van der Waals surface area (Å²) in [5.41, 5.74) is 2.46. The van der Waals surface area contributed by atoms with E-state index in [1.165, 1.54) is 11.1 Å². The molecule has 0 aliphatic carbocycles. The lowest BCUT2D eigenvalue weighted by atomic mass is 9.98. The van der Waals surface area contributed by atoms with Crippen LogP contribution in [0, 0.1) is 0 Å². The normalized spacial score (nSPS) is 12.2. The molecule has 0 saturated heterocycles. The maximum absolute atomic E-state index is 6.11. The average Bonchev–Trinajstić information content (AvgIpc) is 2.47. The molecule has 4 heteroatoms. The highest BCUT2D eigenvalue weighted by Gasteiger charge is 2.13. The van der Waals surface area contributed by atoms with Gasteiger partial charge in [0.2, 0.25) is 0 Å². The SMILES string of the molecule is CCNC(Cc1cccc(Br)c1)c1ccc(Cl)c(OC)c1. The van der Waals surface area contributed by atoms with E-state index >= 15 is 0 Å². The smallest absolute Gasteiger partial charge is 0.137 e. The number of likely N-dealkylation sites (N-methyl/N-ethyl adjacent to an activating group) is 1. The molecule has 0 spiro atoms. The van der Waals surface area contributed by atoms with Gasteiger partial charge in [0.25, 0.3) is 0 Å². The molecule has 0 saturated carbocycles. The first kappa shape index (κ1) is 16.3. The van der Waals surface area contributed by atoms with Crippen LogP contribution in [0.15, 0.2) is 46.9 Å². The van der Waals surface area contributed by atoms with Gasteiger partial charge in [-0.2, -0.15) is 0 Å². The number of benzene rings is 2. The van der Waals surface area contributed by atoms with Crippen LogP contribution in [-0.2, 0) is 6.42 Å². The van der Waals surface area contributed by atoms with E-state index in [0.29, 0.717) is 10.8 Å². The van der Waals surface area contributed by atoms with E-state index in [1.54, 1.807) is 7.11 Å². The minimum atomic E-state index is 0.232. The Morgan fingerprint density at radius 2 is 2.05 bits per heavy atom. The number of ether oxygens (including phenoxy) is 1. The zero-order valence-electron chi connectivity index (χ0n) is 12.2. The number of nitrogens with one attached hydrogen (secondary N) is 1. The third kappa shape index (κ3) is 4.47. The molecule has 2 rings (SSSR count). The molecule has 0 aromatic heterocycles. The maximum Gasteiger partial charge on any atom is 0.137 e. The van der Waals surface area contributed by atoms with E-state index in [9.17, 15) is 0 Å². The number of hydrogen-bond acceptors (Lipinski definition) is 2. The lowest BCUT2D eigenvalue weighted by Crippen LogP contribution is -2.23. The molecule has 0 aliphatic rings. The van der Waals surface area contributed by atoms with Crippen molar-refractivity contribution in [1.82, 2.24) is 5.32 Å². The van der Waals surface area contributed by atoms with Crippen molar-refractivity contribution in [2.24, 2.45) is 0 Å². The molecule has 112 valence electrons. The third-order valence-corrected chi connectivity index (χ3v) is 4.16. The number of methoxy groups -OCH3 is 1. The van der Waals surface area contributed by atoms with Crippen LogP contribution in [-0.4, -0.2) is 13.7 Å². The fourth-order valence-electron chi connectivity index (χ4n) is 2.35. The van der Waals surface area contributed by atoms with Gasteiger partial charge >= 0.3 is 0 Å². The molecular weight excluding hydrogens is 350 g/mol. The Hall–Kier alpha value is -1.03. The highest BCUT2D eigenvalue weighted by Crippen LogP contribution is 2.29. The van der Waals surface area contributed by atoms with Crippen LogP contribution >= 0.6 is 27.5 Å². The van der Waals surface area contributed by atoms with Crippen LogP contribution in [0.5, 0.6) is 5.75 Å². The van der Waals surface area contributed by atoms with Gasteiger partial charge in [-0.15, -0.1) is 0 Å². The largest absolute Gasteiger partial charge is 0.495 e. The lowest BCUT2D eigenvalue weighted by molar-refractivity contribution is 0.413. The molecule has 1 atom stereocenters. The van der Waals surface area contributed by atoms with Crippen molar-refractivity contribution < 1.29 is 4.74 Å². The monoisotopic (exact) mass is 367 g/mol. The van der Waals surface area contributed by atoms with E-state index in [2.05, 4.69) is 52.4 Å². The zero-order valence-corrected chi connectivity index (χ0v) is 14.5. The van der Waals surface area contributed by atoms with Gasteiger partial charge in [-0.1, -0.05) is 52.7 Å². The van der Waals surface area contributed by atoms with Gasteiger partial charge in [0.15, 0.2) is 0 Å². The highest BCUT2D eigenvalue weighted by molar-refractivity contribution is 9.10. The summed E-state index contributed by atoms with van der Waals surface area (Å²) >= 11 is 9.63. The van der Waals surface area contributed by atoms with Crippen molar-refractivity contribution in [3.63, 3.8) is 0 Å². The molecule has 0 heterocycles. The van der Waals surface area contributed by atoms with Crippen molar-refractivity contribution in [2.75, 3.05) is 13.7 Å². The topological polar surface area (TPSA) is 21.3 Å². The summed E-state index contributed by atoms with van der Waals surface area (Å²) in [6.45, 7) is 3.02. The van der Waals surface area contributed by atoms with Crippen molar-refractivity contribution >= 4 is 27.5 Å². The van der Waals surface area contributed by atoms with Gasteiger partial charge < -0.3 is 10.1 Å². The Morgan fingerprint density at radius 1 is 1.24 bits per heavy atom. The summed E-state index contributed by atoms with van der Waals surface area (Å²) in [5, 5.41) is 4.16. The first-order valence-electron chi connectivity index (χ1n) is 6.95. The van der Waals surface area contributed by atoms with E-state index in [1.807, 2.05) is 18.2 Å². The zero-order chi connectivity index (χ0) is 15.2. The van der Waals surface area contributed by atoms with E-state index in [4.69, 9.17) is 16.3 Å². The summed E-state index contributed by atoms with van der Waals surface area (Å²) in [6, 6.07) is 14.6. The molecule has 2 aromatic carbocycles. The molecule has 1 unspecified atom stereocenters. The predicted molar refractivity (Wildman–Crippen MR) is 92.3 cm³/mol. The first-order chi connectivity index (χ1) is 10.1. The summed E-state index contributed by atoms with van der Waals surface area (Å²) in [7, 11) is 1.64. The van der Waals surface area contributed by atoms with Crippen LogP contribution in [0.25, 0.3) is 0 Å². The minimum absolute atomic E-state index is 0.232. The van der Waals surface area contributed by atoms with Crippen molar-refractivity contribution in [1.29, 1.82) is 0 Å². The molecule has 21 heavy (non-hydrogen) atoms. The van der Waals surface area contributed by atoms with E-state index in [-0.39, 0.29) is 6.04 Å². The summed E-state index contributed by atoms with van der Waals surface area (Å²) in [6.07, 6.45) is 0.915. The van der Waals surface area contributed by atoms with E-state index in [0.717, 1.165) is 17.4 Å². The van der Waals surface area contributed by atoms with Gasteiger partial charge in [0, 0.05) is 10.5 Å².